The average Bonchev–Trinajstić information content (AvgIpc) is 2.65. The molecule has 158 valence electrons. The molecule has 30 heavy (non-hydrogen) atoms. The maximum atomic E-state index is 12.9. The van der Waals surface area contributed by atoms with Gasteiger partial charge in [0, 0.05) is 17.6 Å². The van der Waals surface area contributed by atoms with Gasteiger partial charge in [-0.3, -0.25) is 4.79 Å². The summed E-state index contributed by atoms with van der Waals surface area (Å²) in [6.07, 6.45) is -3.20. The van der Waals surface area contributed by atoms with Gasteiger partial charge in [0.25, 0.3) is 0 Å². The monoisotopic (exact) mass is 421 g/mol. The number of anilines is 2. The number of hydrogen-bond acceptors (Lipinski definition) is 7. The lowest BCUT2D eigenvalue weighted by atomic mass is 10.1. The minimum atomic E-state index is -4.53. The van der Waals surface area contributed by atoms with Crippen LogP contribution in [-0.4, -0.2) is 34.2 Å². The zero-order valence-electron chi connectivity index (χ0n) is 16.0. The van der Waals surface area contributed by atoms with Crippen LogP contribution in [0.2, 0.25) is 0 Å². The Bertz CT molecular complexity index is 1000. The summed E-state index contributed by atoms with van der Waals surface area (Å²) in [6.45, 7) is 1.79. The molecule has 1 aromatic carbocycles. The first kappa shape index (κ1) is 22.6. The first-order chi connectivity index (χ1) is 14.0. The Hall–Kier alpha value is -3.69. The predicted octanol–water partition coefficient (Wildman–Crippen LogP) is 4.44. The van der Waals surface area contributed by atoms with Gasteiger partial charge in [0.05, 0.1) is 11.1 Å². The van der Waals surface area contributed by atoms with Crippen molar-refractivity contribution in [1.82, 2.24) is 4.98 Å². The van der Waals surface area contributed by atoms with E-state index in [1.165, 1.54) is 37.4 Å². The second-order valence-corrected chi connectivity index (χ2v) is 6.18. The van der Waals surface area contributed by atoms with Crippen LogP contribution in [0.25, 0.3) is 0 Å². The molecular weight excluding hydrogens is 403 g/mol. The Morgan fingerprint density at radius 2 is 1.90 bits per heavy atom. The van der Waals surface area contributed by atoms with E-state index < -0.39 is 35.9 Å². The molecule has 7 nitrogen and oxygen atoms in total. The molecular formula is C20H18F3N3O4. The number of rotatable bonds is 7. The minimum Gasteiger partial charge on any atom is -0.508 e. The van der Waals surface area contributed by atoms with E-state index in [9.17, 15) is 27.9 Å². The molecule has 0 unspecified atom stereocenters. The van der Waals surface area contributed by atoms with Gasteiger partial charge in [0.1, 0.15) is 23.7 Å². The van der Waals surface area contributed by atoms with Gasteiger partial charge < -0.3 is 20.6 Å². The van der Waals surface area contributed by atoms with Crippen LogP contribution in [0.1, 0.15) is 29.8 Å². The number of pyridine rings is 1. The van der Waals surface area contributed by atoms with Gasteiger partial charge in [0.2, 0.25) is 0 Å². The lowest BCUT2D eigenvalue weighted by Crippen LogP contribution is -2.16. The number of aliphatic hydroxyl groups is 1. The van der Waals surface area contributed by atoms with Crippen LogP contribution in [0.15, 0.2) is 53.9 Å². The van der Waals surface area contributed by atoms with Crippen LogP contribution in [-0.2, 0) is 15.7 Å². The van der Waals surface area contributed by atoms with Crippen molar-refractivity contribution in [3.8, 4) is 0 Å². The summed E-state index contributed by atoms with van der Waals surface area (Å²) in [5.74, 6) is -2.14. The van der Waals surface area contributed by atoms with Gasteiger partial charge in [-0.15, -0.1) is 0 Å². The number of aromatic nitrogens is 1. The van der Waals surface area contributed by atoms with Gasteiger partial charge >= 0.3 is 12.1 Å². The van der Waals surface area contributed by atoms with Crippen LogP contribution < -0.4 is 5.32 Å². The predicted molar refractivity (Wildman–Crippen MR) is 103 cm³/mol. The molecule has 0 atom stereocenters. The van der Waals surface area contributed by atoms with Crippen molar-refractivity contribution in [2.75, 3.05) is 11.9 Å². The lowest BCUT2D eigenvalue weighted by Gasteiger charge is -2.13. The van der Waals surface area contributed by atoms with Crippen LogP contribution in [0.3, 0.4) is 0 Å². The smallest absolute Gasteiger partial charge is 0.416 e. The number of ether oxygens (including phenoxy) is 1. The standard InChI is InChI=1S/C20H18F3N3O4/c1-11(24)17(12(2)27)16(28)10-30-19(29)15-7-4-8-25-18(15)26-14-6-3-5-13(9-14)20(21,22)23/h3-9,24,28H,10H2,1-2H3,(H,25,26)/b17-16-,24-11?. The molecule has 0 aliphatic rings. The summed E-state index contributed by atoms with van der Waals surface area (Å²) >= 11 is 0. The second kappa shape index (κ2) is 9.21. The van der Waals surface area contributed by atoms with Crippen molar-refractivity contribution in [2.24, 2.45) is 0 Å². The maximum absolute atomic E-state index is 12.9. The summed E-state index contributed by atoms with van der Waals surface area (Å²) < 4.78 is 43.6. The molecule has 0 radical (unpaired) electrons. The van der Waals surface area contributed by atoms with Crippen molar-refractivity contribution in [1.29, 1.82) is 5.41 Å². The van der Waals surface area contributed by atoms with Crippen molar-refractivity contribution >= 4 is 29.0 Å². The number of nitrogens with one attached hydrogen (secondary N) is 2. The quantitative estimate of drug-likeness (QED) is 0.264. The van der Waals surface area contributed by atoms with Gasteiger partial charge in [-0.1, -0.05) is 6.07 Å². The fraction of sp³-hybridized carbons (Fsp3) is 0.200. The number of benzene rings is 1. The molecule has 0 aliphatic heterocycles. The van der Waals surface area contributed by atoms with Crippen LogP contribution >= 0.6 is 0 Å². The largest absolute Gasteiger partial charge is 0.508 e. The third kappa shape index (κ3) is 5.66. The number of Topliss-reactive ketones (excluding diaryl/α,β-unsaturated/α-hetero) is 1. The Labute approximate surface area is 169 Å². The number of carbonyl (C=O) groups excluding carboxylic acids is 2. The van der Waals surface area contributed by atoms with E-state index in [1.54, 1.807) is 0 Å². The Morgan fingerprint density at radius 1 is 1.20 bits per heavy atom. The number of esters is 1. The third-order valence-electron chi connectivity index (χ3n) is 3.84. The number of hydrogen-bond donors (Lipinski definition) is 3. The van der Waals surface area contributed by atoms with E-state index in [0.29, 0.717) is 0 Å². The van der Waals surface area contributed by atoms with E-state index in [-0.39, 0.29) is 28.4 Å². The molecule has 2 aromatic rings. The molecule has 10 heteroatoms. The van der Waals surface area contributed by atoms with Crippen molar-refractivity contribution in [2.45, 2.75) is 20.0 Å². The minimum absolute atomic E-state index is 0.0543. The normalized spacial score (nSPS) is 12.0. The highest BCUT2D eigenvalue weighted by Crippen LogP contribution is 2.31. The van der Waals surface area contributed by atoms with Crippen LogP contribution in [0, 0.1) is 5.41 Å². The fourth-order valence-electron chi connectivity index (χ4n) is 2.55. The average molecular weight is 421 g/mol. The van der Waals surface area contributed by atoms with Crippen molar-refractivity contribution in [3.05, 3.63) is 65.1 Å². The second-order valence-electron chi connectivity index (χ2n) is 6.18. The Morgan fingerprint density at radius 3 is 2.50 bits per heavy atom. The number of nitrogens with zero attached hydrogens (tertiary/aromatic N) is 1. The first-order valence-electron chi connectivity index (χ1n) is 8.55. The van der Waals surface area contributed by atoms with E-state index in [2.05, 4.69) is 10.3 Å². The summed E-state index contributed by atoms with van der Waals surface area (Å²) in [5, 5.41) is 20.1. The van der Waals surface area contributed by atoms with E-state index in [0.717, 1.165) is 19.1 Å². The molecule has 0 amide bonds. The molecule has 0 saturated carbocycles. The number of halogens is 3. The molecule has 0 fully saturated rings. The third-order valence-corrected chi connectivity index (χ3v) is 3.84. The van der Waals surface area contributed by atoms with Gasteiger partial charge in [-0.05, 0) is 44.2 Å². The molecule has 0 spiro atoms. The van der Waals surface area contributed by atoms with Crippen molar-refractivity contribution in [3.63, 3.8) is 0 Å². The van der Waals surface area contributed by atoms with Gasteiger partial charge in [-0.2, -0.15) is 13.2 Å². The molecule has 1 heterocycles. The van der Waals surface area contributed by atoms with E-state index in [1.807, 2.05) is 0 Å². The topological polar surface area (TPSA) is 112 Å². The number of ketones is 1. The molecule has 0 saturated heterocycles. The van der Waals surface area contributed by atoms with Gasteiger partial charge in [-0.25, -0.2) is 9.78 Å². The summed E-state index contributed by atoms with van der Waals surface area (Å²) in [4.78, 5) is 27.8. The maximum Gasteiger partial charge on any atom is 0.416 e. The number of alkyl halides is 3. The Balaban J connectivity index is 2.23. The zero-order chi connectivity index (χ0) is 22.5. The first-order valence-corrected chi connectivity index (χ1v) is 8.55. The lowest BCUT2D eigenvalue weighted by molar-refractivity contribution is -0.137. The van der Waals surface area contributed by atoms with Crippen LogP contribution in [0.5, 0.6) is 0 Å². The highest BCUT2D eigenvalue weighted by atomic mass is 19.4. The molecule has 1 aromatic heterocycles. The summed E-state index contributed by atoms with van der Waals surface area (Å²) in [6, 6.07) is 7.11. The highest BCUT2D eigenvalue weighted by molar-refractivity contribution is 6.20. The zero-order valence-corrected chi connectivity index (χ0v) is 16.0. The summed E-state index contributed by atoms with van der Waals surface area (Å²) in [7, 11) is 0. The van der Waals surface area contributed by atoms with E-state index >= 15 is 0 Å². The number of allylic oxidation sites excluding steroid dienone is 1. The number of aliphatic hydroxyl groups excluding tert-OH is 1. The SMILES string of the molecule is CC(=N)/C(C(C)=O)=C(/O)COC(=O)c1cccnc1Nc1cccc(C(F)(F)F)c1. The van der Waals surface area contributed by atoms with Crippen LogP contribution in [0.4, 0.5) is 24.7 Å². The summed E-state index contributed by atoms with van der Waals surface area (Å²) in [5.41, 5.74) is -1.38. The highest BCUT2D eigenvalue weighted by Gasteiger charge is 2.30. The van der Waals surface area contributed by atoms with E-state index in [4.69, 9.17) is 10.1 Å². The van der Waals surface area contributed by atoms with Crippen molar-refractivity contribution < 1.29 is 32.6 Å². The van der Waals surface area contributed by atoms with Gasteiger partial charge in [0.15, 0.2) is 5.78 Å². The molecule has 3 N–H and O–H groups in total. The number of carbonyl (C=O) groups is 2. The molecule has 0 bridgehead atoms. The Kier molecular flexibility index (Phi) is 6.93. The molecule has 2 rings (SSSR count). The molecule has 0 aliphatic carbocycles. The fourth-order valence-corrected chi connectivity index (χ4v) is 2.55.